The average Bonchev–Trinajstić information content (AvgIpc) is 2.25. The minimum Gasteiger partial charge on any atom is -0.377 e. The lowest BCUT2D eigenvalue weighted by Crippen LogP contribution is -2.20. The molecule has 0 aliphatic rings. The highest BCUT2D eigenvalue weighted by Crippen LogP contribution is 2.16. The molecule has 1 rings (SSSR count). The normalized spacial score (nSPS) is 11.4. The lowest BCUT2D eigenvalue weighted by Gasteiger charge is -2.19. The van der Waals surface area contributed by atoms with Crippen molar-refractivity contribution in [3.05, 3.63) is 11.9 Å². The maximum Gasteiger partial charge on any atom is 0.158 e. The highest BCUT2D eigenvalue weighted by atomic mass is 16.5. The molecule has 0 unspecified atom stereocenters. The van der Waals surface area contributed by atoms with E-state index in [1.165, 1.54) is 0 Å². The fourth-order valence-corrected chi connectivity index (χ4v) is 1.27. The Balaban J connectivity index is 2.79. The Bertz CT molecular complexity index is 360. The van der Waals surface area contributed by atoms with Gasteiger partial charge in [-0.25, -0.2) is 9.97 Å². The SMILES string of the molecule is CNc1cc(NCC(C)(C)C)nc(COC)n1. The molecule has 0 bridgehead atoms. The van der Waals surface area contributed by atoms with Gasteiger partial charge in [-0.1, -0.05) is 20.8 Å². The number of hydrogen-bond acceptors (Lipinski definition) is 5. The summed E-state index contributed by atoms with van der Waals surface area (Å²) in [5, 5.41) is 6.33. The van der Waals surface area contributed by atoms with E-state index in [0.29, 0.717) is 12.4 Å². The molecule has 17 heavy (non-hydrogen) atoms. The Morgan fingerprint density at radius 1 is 1.24 bits per heavy atom. The van der Waals surface area contributed by atoms with E-state index in [1.807, 2.05) is 13.1 Å². The quantitative estimate of drug-likeness (QED) is 0.823. The van der Waals surface area contributed by atoms with Crippen LogP contribution in [0.15, 0.2) is 6.07 Å². The maximum absolute atomic E-state index is 5.05. The molecule has 96 valence electrons. The Labute approximate surface area is 103 Å². The van der Waals surface area contributed by atoms with Crippen LogP contribution >= 0.6 is 0 Å². The molecule has 1 heterocycles. The number of methoxy groups -OCH3 is 1. The summed E-state index contributed by atoms with van der Waals surface area (Å²) < 4.78 is 5.05. The molecule has 1 aromatic heterocycles. The number of hydrogen-bond donors (Lipinski definition) is 2. The van der Waals surface area contributed by atoms with Gasteiger partial charge in [0.2, 0.25) is 0 Å². The van der Waals surface area contributed by atoms with Gasteiger partial charge in [-0.05, 0) is 5.41 Å². The highest BCUT2D eigenvalue weighted by molar-refractivity contribution is 5.47. The first kappa shape index (κ1) is 13.7. The number of rotatable bonds is 5. The molecule has 0 saturated heterocycles. The van der Waals surface area contributed by atoms with Gasteiger partial charge in [0.15, 0.2) is 5.82 Å². The second-order valence-electron chi connectivity index (χ2n) is 5.15. The van der Waals surface area contributed by atoms with Crippen LogP contribution in [0, 0.1) is 5.41 Å². The van der Waals surface area contributed by atoms with Gasteiger partial charge in [-0.3, -0.25) is 0 Å². The lowest BCUT2D eigenvalue weighted by atomic mass is 9.97. The molecule has 0 amide bonds. The van der Waals surface area contributed by atoms with Crippen LogP contribution in [0.4, 0.5) is 11.6 Å². The van der Waals surface area contributed by atoms with Crippen molar-refractivity contribution >= 4 is 11.6 Å². The van der Waals surface area contributed by atoms with Gasteiger partial charge in [0.25, 0.3) is 0 Å². The summed E-state index contributed by atoms with van der Waals surface area (Å²) in [4.78, 5) is 8.69. The number of nitrogens with one attached hydrogen (secondary N) is 2. The van der Waals surface area contributed by atoms with Gasteiger partial charge in [0, 0.05) is 26.8 Å². The van der Waals surface area contributed by atoms with E-state index in [1.54, 1.807) is 7.11 Å². The van der Waals surface area contributed by atoms with E-state index in [2.05, 4.69) is 41.4 Å². The summed E-state index contributed by atoms with van der Waals surface area (Å²) >= 11 is 0. The van der Waals surface area contributed by atoms with Crippen LogP contribution in [0.2, 0.25) is 0 Å². The molecule has 0 fully saturated rings. The molecule has 0 spiro atoms. The largest absolute Gasteiger partial charge is 0.377 e. The lowest BCUT2D eigenvalue weighted by molar-refractivity contribution is 0.178. The zero-order valence-electron chi connectivity index (χ0n) is 11.3. The first-order valence-electron chi connectivity index (χ1n) is 5.73. The van der Waals surface area contributed by atoms with Crippen molar-refractivity contribution in [2.24, 2.45) is 5.41 Å². The van der Waals surface area contributed by atoms with Crippen molar-refractivity contribution in [3.63, 3.8) is 0 Å². The second-order valence-corrected chi connectivity index (χ2v) is 5.15. The Morgan fingerprint density at radius 2 is 1.88 bits per heavy atom. The van der Waals surface area contributed by atoms with E-state index in [9.17, 15) is 0 Å². The first-order valence-corrected chi connectivity index (χ1v) is 5.73. The summed E-state index contributed by atoms with van der Waals surface area (Å²) in [5.41, 5.74) is 0.214. The van der Waals surface area contributed by atoms with Gasteiger partial charge in [-0.15, -0.1) is 0 Å². The zero-order chi connectivity index (χ0) is 12.9. The fourth-order valence-electron chi connectivity index (χ4n) is 1.27. The van der Waals surface area contributed by atoms with Crippen LogP contribution in [0.3, 0.4) is 0 Å². The minimum absolute atomic E-state index is 0.214. The molecule has 0 radical (unpaired) electrons. The third-order valence-electron chi connectivity index (χ3n) is 2.10. The molecule has 2 N–H and O–H groups in total. The van der Waals surface area contributed by atoms with Crippen LogP contribution < -0.4 is 10.6 Å². The van der Waals surface area contributed by atoms with Crippen molar-refractivity contribution in [1.29, 1.82) is 0 Å². The first-order chi connectivity index (χ1) is 7.94. The molecule has 0 atom stereocenters. The highest BCUT2D eigenvalue weighted by Gasteiger charge is 2.11. The third kappa shape index (κ3) is 4.99. The molecule has 0 aliphatic carbocycles. The molecule has 0 saturated carbocycles. The van der Waals surface area contributed by atoms with Crippen LogP contribution in [0.25, 0.3) is 0 Å². The van der Waals surface area contributed by atoms with Crippen molar-refractivity contribution in [1.82, 2.24) is 9.97 Å². The number of nitrogens with zero attached hydrogens (tertiary/aromatic N) is 2. The predicted molar refractivity (Wildman–Crippen MR) is 70.2 cm³/mol. The topological polar surface area (TPSA) is 59.1 Å². The van der Waals surface area contributed by atoms with Gasteiger partial charge < -0.3 is 15.4 Å². The van der Waals surface area contributed by atoms with Crippen molar-refractivity contribution in [3.8, 4) is 0 Å². The summed E-state index contributed by atoms with van der Waals surface area (Å²) in [6.45, 7) is 7.81. The molecule has 0 aromatic carbocycles. The number of anilines is 2. The number of aromatic nitrogens is 2. The van der Waals surface area contributed by atoms with E-state index in [-0.39, 0.29) is 5.41 Å². The molecular formula is C12H22N4O. The second kappa shape index (κ2) is 5.82. The average molecular weight is 238 g/mol. The monoisotopic (exact) mass is 238 g/mol. The Morgan fingerprint density at radius 3 is 2.41 bits per heavy atom. The summed E-state index contributed by atoms with van der Waals surface area (Å²) in [6, 6.07) is 1.89. The van der Waals surface area contributed by atoms with Gasteiger partial charge in [0.1, 0.15) is 18.2 Å². The molecular weight excluding hydrogens is 216 g/mol. The molecule has 1 aromatic rings. The van der Waals surface area contributed by atoms with E-state index in [4.69, 9.17) is 4.74 Å². The Kier molecular flexibility index (Phi) is 4.69. The summed E-state index contributed by atoms with van der Waals surface area (Å²) in [6.07, 6.45) is 0. The molecule has 0 aliphatic heterocycles. The Hall–Kier alpha value is -1.36. The predicted octanol–water partition coefficient (Wildman–Crippen LogP) is 2.12. The van der Waals surface area contributed by atoms with Gasteiger partial charge in [-0.2, -0.15) is 0 Å². The fraction of sp³-hybridized carbons (Fsp3) is 0.667. The van der Waals surface area contributed by atoms with Crippen LogP contribution in [-0.2, 0) is 11.3 Å². The minimum atomic E-state index is 0.214. The maximum atomic E-state index is 5.05. The van der Waals surface area contributed by atoms with E-state index >= 15 is 0 Å². The summed E-state index contributed by atoms with van der Waals surface area (Å²) in [5.74, 6) is 2.30. The van der Waals surface area contributed by atoms with Crippen molar-refractivity contribution in [2.45, 2.75) is 27.4 Å². The van der Waals surface area contributed by atoms with E-state index in [0.717, 1.165) is 18.2 Å². The van der Waals surface area contributed by atoms with Gasteiger partial charge >= 0.3 is 0 Å². The molecule has 5 nitrogen and oxygen atoms in total. The smallest absolute Gasteiger partial charge is 0.158 e. The molecule has 5 heteroatoms. The zero-order valence-corrected chi connectivity index (χ0v) is 11.3. The van der Waals surface area contributed by atoms with Crippen LogP contribution in [0.1, 0.15) is 26.6 Å². The third-order valence-corrected chi connectivity index (χ3v) is 2.10. The van der Waals surface area contributed by atoms with Gasteiger partial charge in [0.05, 0.1) is 0 Å². The van der Waals surface area contributed by atoms with Crippen LogP contribution in [0.5, 0.6) is 0 Å². The standard InChI is InChI=1S/C12H22N4O/c1-12(2,3)8-14-10-6-9(13-4)15-11(16-10)7-17-5/h6H,7-8H2,1-5H3,(H2,13,14,15,16). The van der Waals surface area contributed by atoms with Crippen LogP contribution in [-0.4, -0.2) is 30.7 Å². The van der Waals surface area contributed by atoms with E-state index < -0.39 is 0 Å². The van der Waals surface area contributed by atoms with Crippen molar-refractivity contribution in [2.75, 3.05) is 31.3 Å². The van der Waals surface area contributed by atoms with Crippen molar-refractivity contribution < 1.29 is 4.74 Å². The summed E-state index contributed by atoms with van der Waals surface area (Å²) in [7, 11) is 3.48. The number of ether oxygens (including phenoxy) is 1.